The summed E-state index contributed by atoms with van der Waals surface area (Å²) in [7, 11) is 0. The lowest BCUT2D eigenvalue weighted by Crippen LogP contribution is -2.35. The number of fused-ring (bicyclic) bond motifs is 1. The van der Waals surface area contributed by atoms with E-state index in [0.29, 0.717) is 5.56 Å². The van der Waals surface area contributed by atoms with E-state index in [-0.39, 0.29) is 5.91 Å². The quantitative estimate of drug-likeness (QED) is 0.833. The molecule has 18 heavy (non-hydrogen) atoms. The Labute approximate surface area is 106 Å². The molecule has 0 saturated carbocycles. The summed E-state index contributed by atoms with van der Waals surface area (Å²) < 4.78 is 0. The van der Waals surface area contributed by atoms with Crippen LogP contribution in [0.25, 0.3) is 0 Å². The van der Waals surface area contributed by atoms with Gasteiger partial charge in [0.05, 0.1) is 11.8 Å². The van der Waals surface area contributed by atoms with Crippen LogP contribution in [0.4, 0.5) is 5.69 Å². The van der Waals surface area contributed by atoms with Crippen LogP contribution < -0.4 is 4.90 Å². The number of hydrogen-bond acceptors (Lipinski definition) is 2. The molecule has 4 heteroatoms. The molecule has 0 spiro atoms. The van der Waals surface area contributed by atoms with Crippen molar-refractivity contribution >= 4 is 11.6 Å². The highest BCUT2D eigenvalue weighted by atomic mass is 16.2. The summed E-state index contributed by atoms with van der Waals surface area (Å²) >= 11 is 0. The highest BCUT2D eigenvalue weighted by molar-refractivity contribution is 6.07. The Balaban J connectivity index is 2.00. The van der Waals surface area contributed by atoms with Gasteiger partial charge < -0.3 is 4.90 Å². The van der Waals surface area contributed by atoms with Gasteiger partial charge in [-0.3, -0.25) is 9.89 Å². The predicted octanol–water partition coefficient (Wildman–Crippen LogP) is 2.31. The minimum Gasteiger partial charge on any atom is -0.308 e. The largest absolute Gasteiger partial charge is 0.308 e. The average molecular weight is 241 g/mol. The first-order chi connectivity index (χ1) is 8.77. The highest BCUT2D eigenvalue weighted by Crippen LogP contribution is 2.28. The van der Waals surface area contributed by atoms with E-state index < -0.39 is 0 Å². The fraction of sp³-hybridized carbons (Fsp3) is 0.286. The standard InChI is InChI=1S/C14H15N3O/c1-10-12(9-15-16-10)14(18)17-8-4-6-11-5-2-3-7-13(11)17/h2-3,5,7,9H,4,6,8H2,1H3,(H,15,16). The van der Waals surface area contributed by atoms with Gasteiger partial charge in [-0.15, -0.1) is 0 Å². The van der Waals surface area contributed by atoms with Crippen molar-refractivity contribution in [2.24, 2.45) is 0 Å². The van der Waals surface area contributed by atoms with E-state index in [1.807, 2.05) is 30.0 Å². The molecule has 0 bridgehead atoms. The van der Waals surface area contributed by atoms with E-state index in [2.05, 4.69) is 16.3 Å². The molecule has 1 amide bonds. The van der Waals surface area contributed by atoms with Crippen molar-refractivity contribution in [3.05, 3.63) is 47.3 Å². The number of aromatic amines is 1. The monoisotopic (exact) mass is 241 g/mol. The molecule has 1 N–H and O–H groups in total. The summed E-state index contributed by atoms with van der Waals surface area (Å²) in [5.41, 5.74) is 3.77. The summed E-state index contributed by atoms with van der Waals surface area (Å²) in [6.07, 6.45) is 3.67. The molecule has 2 aromatic rings. The Kier molecular flexibility index (Phi) is 2.63. The molecule has 1 aliphatic heterocycles. The first-order valence-electron chi connectivity index (χ1n) is 6.17. The molecule has 1 aromatic carbocycles. The number of para-hydroxylation sites is 1. The van der Waals surface area contributed by atoms with E-state index in [9.17, 15) is 4.79 Å². The third kappa shape index (κ3) is 1.70. The van der Waals surface area contributed by atoms with Gasteiger partial charge in [0.2, 0.25) is 0 Å². The molecule has 0 radical (unpaired) electrons. The maximum Gasteiger partial charge on any atom is 0.261 e. The van der Waals surface area contributed by atoms with Crippen molar-refractivity contribution in [1.29, 1.82) is 0 Å². The lowest BCUT2D eigenvalue weighted by atomic mass is 10.0. The zero-order chi connectivity index (χ0) is 12.5. The van der Waals surface area contributed by atoms with Gasteiger partial charge in [-0.05, 0) is 31.4 Å². The molecule has 1 aromatic heterocycles. The van der Waals surface area contributed by atoms with Crippen molar-refractivity contribution in [1.82, 2.24) is 10.2 Å². The minimum absolute atomic E-state index is 0.0356. The number of nitrogens with one attached hydrogen (secondary N) is 1. The smallest absolute Gasteiger partial charge is 0.261 e. The van der Waals surface area contributed by atoms with Crippen LogP contribution in [0.2, 0.25) is 0 Å². The lowest BCUT2D eigenvalue weighted by Gasteiger charge is -2.29. The molecule has 1 aliphatic rings. The first-order valence-corrected chi connectivity index (χ1v) is 6.17. The SMILES string of the molecule is Cc1[nH]ncc1C(=O)N1CCCc2ccccc21. The Bertz CT molecular complexity index is 588. The number of rotatable bonds is 1. The van der Waals surface area contributed by atoms with Crippen LogP contribution in [0, 0.1) is 6.92 Å². The maximum atomic E-state index is 12.5. The summed E-state index contributed by atoms with van der Waals surface area (Å²) in [6.45, 7) is 2.65. The van der Waals surface area contributed by atoms with E-state index in [1.165, 1.54) is 5.56 Å². The lowest BCUT2D eigenvalue weighted by molar-refractivity contribution is 0.0984. The van der Waals surface area contributed by atoms with Gasteiger partial charge in [0.1, 0.15) is 0 Å². The number of hydrogen-bond donors (Lipinski definition) is 1. The van der Waals surface area contributed by atoms with Crippen LogP contribution in [0.5, 0.6) is 0 Å². The van der Waals surface area contributed by atoms with Gasteiger partial charge in [0.15, 0.2) is 0 Å². The average Bonchev–Trinajstić information content (AvgIpc) is 2.83. The maximum absolute atomic E-state index is 12.5. The van der Waals surface area contributed by atoms with Crippen LogP contribution in [0.1, 0.15) is 28.0 Å². The molecule has 0 saturated heterocycles. The highest BCUT2D eigenvalue weighted by Gasteiger charge is 2.24. The number of amides is 1. The molecule has 0 unspecified atom stereocenters. The third-order valence-electron chi connectivity index (χ3n) is 3.42. The number of benzene rings is 1. The number of carbonyl (C=O) groups is 1. The number of anilines is 1. The van der Waals surface area contributed by atoms with Gasteiger partial charge in [-0.1, -0.05) is 18.2 Å². The number of carbonyl (C=O) groups excluding carboxylic acids is 1. The molecule has 92 valence electrons. The van der Waals surface area contributed by atoms with Crippen LogP contribution in [0.15, 0.2) is 30.5 Å². The molecule has 0 atom stereocenters. The van der Waals surface area contributed by atoms with Crippen LogP contribution in [0.3, 0.4) is 0 Å². The van der Waals surface area contributed by atoms with E-state index in [0.717, 1.165) is 30.8 Å². The first kappa shape index (κ1) is 11.0. The minimum atomic E-state index is 0.0356. The van der Waals surface area contributed by atoms with Crippen LogP contribution >= 0.6 is 0 Å². The molecule has 0 aliphatic carbocycles. The van der Waals surface area contributed by atoms with Crippen molar-refractivity contribution in [3.63, 3.8) is 0 Å². The molecule has 0 fully saturated rings. The topological polar surface area (TPSA) is 49.0 Å². The fourth-order valence-electron chi connectivity index (χ4n) is 2.46. The number of aryl methyl sites for hydroxylation is 2. The van der Waals surface area contributed by atoms with Crippen molar-refractivity contribution < 1.29 is 4.79 Å². The number of nitrogens with zero attached hydrogens (tertiary/aromatic N) is 2. The molecular weight excluding hydrogens is 226 g/mol. The van der Waals surface area contributed by atoms with E-state index in [1.54, 1.807) is 6.20 Å². The Morgan fingerprint density at radius 1 is 1.39 bits per heavy atom. The molecule has 4 nitrogen and oxygen atoms in total. The van der Waals surface area contributed by atoms with Crippen molar-refractivity contribution in [2.45, 2.75) is 19.8 Å². The van der Waals surface area contributed by atoms with Crippen LogP contribution in [-0.2, 0) is 6.42 Å². The molecule has 3 rings (SSSR count). The summed E-state index contributed by atoms with van der Waals surface area (Å²) in [4.78, 5) is 14.4. The molecule has 2 heterocycles. The summed E-state index contributed by atoms with van der Waals surface area (Å²) in [6, 6.07) is 8.11. The van der Waals surface area contributed by atoms with Crippen molar-refractivity contribution in [3.8, 4) is 0 Å². The predicted molar refractivity (Wildman–Crippen MR) is 69.8 cm³/mol. The van der Waals surface area contributed by atoms with Crippen molar-refractivity contribution in [2.75, 3.05) is 11.4 Å². The van der Waals surface area contributed by atoms with E-state index in [4.69, 9.17) is 0 Å². The summed E-state index contributed by atoms with van der Waals surface area (Å²) in [5.74, 6) is 0.0356. The second-order valence-corrected chi connectivity index (χ2v) is 4.60. The molecular formula is C14H15N3O. The summed E-state index contributed by atoms with van der Waals surface area (Å²) in [5, 5.41) is 6.74. The third-order valence-corrected chi connectivity index (χ3v) is 3.42. The zero-order valence-corrected chi connectivity index (χ0v) is 10.3. The van der Waals surface area contributed by atoms with Gasteiger partial charge in [-0.25, -0.2) is 0 Å². The zero-order valence-electron chi connectivity index (χ0n) is 10.3. The second-order valence-electron chi connectivity index (χ2n) is 4.60. The Hall–Kier alpha value is -2.10. The normalized spacial score (nSPS) is 14.4. The number of aromatic nitrogens is 2. The van der Waals surface area contributed by atoms with Gasteiger partial charge in [-0.2, -0.15) is 5.10 Å². The van der Waals surface area contributed by atoms with Crippen LogP contribution in [-0.4, -0.2) is 22.6 Å². The van der Waals surface area contributed by atoms with E-state index >= 15 is 0 Å². The Morgan fingerprint density at radius 2 is 2.22 bits per heavy atom. The Morgan fingerprint density at radius 3 is 3.00 bits per heavy atom. The van der Waals surface area contributed by atoms with Gasteiger partial charge in [0, 0.05) is 17.9 Å². The second kappa shape index (κ2) is 4.29. The fourth-order valence-corrected chi connectivity index (χ4v) is 2.46. The van der Waals surface area contributed by atoms with Gasteiger partial charge >= 0.3 is 0 Å². The number of H-pyrrole nitrogens is 1. The van der Waals surface area contributed by atoms with Gasteiger partial charge in [0.25, 0.3) is 5.91 Å².